The molecular formula is C26H21N5O4S. The van der Waals surface area contributed by atoms with Crippen LogP contribution < -0.4 is 10.0 Å². The molecule has 0 fully saturated rings. The number of hydrogen-bond donors (Lipinski definition) is 2. The van der Waals surface area contributed by atoms with Crippen LogP contribution in [0.1, 0.15) is 21.7 Å². The molecule has 9 nitrogen and oxygen atoms in total. The molecule has 0 bridgehead atoms. The number of nitrogens with zero attached hydrogens (tertiary/aromatic N) is 3. The molecule has 36 heavy (non-hydrogen) atoms. The summed E-state index contributed by atoms with van der Waals surface area (Å²) < 4.78 is 33.4. The van der Waals surface area contributed by atoms with Crippen LogP contribution in [0.25, 0.3) is 22.4 Å². The number of para-hydroxylation sites is 1. The summed E-state index contributed by atoms with van der Waals surface area (Å²) in [5, 5.41) is 3.51. The number of hydrogen-bond acceptors (Lipinski definition) is 7. The summed E-state index contributed by atoms with van der Waals surface area (Å²) in [7, 11) is -3.91. The molecule has 3 heterocycles. The lowest BCUT2D eigenvalue weighted by molar-refractivity contribution is 0.102. The number of nitrogens with one attached hydrogen (secondary N) is 2. The van der Waals surface area contributed by atoms with Gasteiger partial charge in [-0.05, 0) is 68.4 Å². The Hall–Kier alpha value is -4.57. The van der Waals surface area contributed by atoms with Gasteiger partial charge in [0.15, 0.2) is 5.76 Å². The van der Waals surface area contributed by atoms with Crippen LogP contribution in [-0.2, 0) is 10.0 Å². The Balaban J connectivity index is 1.39. The fourth-order valence-corrected chi connectivity index (χ4v) is 4.72. The second-order valence-corrected chi connectivity index (χ2v) is 9.79. The summed E-state index contributed by atoms with van der Waals surface area (Å²) in [6, 6.07) is 20.1. The highest BCUT2D eigenvalue weighted by molar-refractivity contribution is 7.92. The number of carbonyl (C=O) groups excluding carboxylic acids is 1. The van der Waals surface area contributed by atoms with Crippen LogP contribution in [0.2, 0.25) is 0 Å². The molecule has 0 radical (unpaired) electrons. The monoisotopic (exact) mass is 499 g/mol. The molecule has 0 unspecified atom stereocenters. The number of aromatic nitrogens is 3. The van der Waals surface area contributed by atoms with Crippen LogP contribution >= 0.6 is 0 Å². The SMILES string of the molecule is Cc1cc(C)nc(NS(=O)(=O)c2ccc(NC(=O)c3cc(-c4ccco4)nc4ccccc34)cc2)n1. The van der Waals surface area contributed by atoms with Gasteiger partial charge in [0.1, 0.15) is 5.69 Å². The van der Waals surface area contributed by atoms with E-state index in [2.05, 4.69) is 25.0 Å². The summed E-state index contributed by atoms with van der Waals surface area (Å²) >= 11 is 0. The molecule has 3 aromatic heterocycles. The molecule has 180 valence electrons. The molecule has 0 aliphatic rings. The predicted octanol–water partition coefficient (Wildman–Crippen LogP) is 4.95. The quantitative estimate of drug-likeness (QED) is 0.338. The first-order valence-corrected chi connectivity index (χ1v) is 12.5. The zero-order valence-corrected chi connectivity index (χ0v) is 20.2. The standard InChI is InChI=1S/C26H21N5O4S/c1-16-14-17(2)28-26(27-16)31-36(33,34)19-11-9-18(10-12-19)29-25(32)21-15-23(24-8-5-13-35-24)30-22-7-4-3-6-20(21)22/h3-15H,1-2H3,(H,29,32)(H,27,28,31). The number of anilines is 2. The van der Waals surface area contributed by atoms with Crippen molar-refractivity contribution < 1.29 is 17.6 Å². The molecule has 0 aliphatic heterocycles. The number of aryl methyl sites for hydroxylation is 2. The zero-order valence-electron chi connectivity index (χ0n) is 19.4. The summed E-state index contributed by atoms with van der Waals surface area (Å²) in [4.78, 5) is 26.1. The molecule has 5 rings (SSSR count). The molecule has 0 saturated heterocycles. The Morgan fingerprint density at radius 2 is 1.58 bits per heavy atom. The van der Waals surface area contributed by atoms with Gasteiger partial charge in [-0.2, -0.15) is 0 Å². The lowest BCUT2D eigenvalue weighted by Gasteiger charge is -2.11. The second-order valence-electron chi connectivity index (χ2n) is 8.11. The minimum absolute atomic E-state index is 0.00167. The number of amides is 1. The van der Waals surface area contributed by atoms with E-state index in [0.29, 0.717) is 45.0 Å². The van der Waals surface area contributed by atoms with Gasteiger partial charge in [-0.15, -0.1) is 0 Å². The first-order chi connectivity index (χ1) is 17.3. The fraction of sp³-hybridized carbons (Fsp3) is 0.0769. The third-order valence-corrected chi connectivity index (χ3v) is 6.71. The third kappa shape index (κ3) is 4.80. The molecule has 0 atom stereocenters. The lowest BCUT2D eigenvalue weighted by Crippen LogP contribution is -2.16. The van der Waals surface area contributed by atoms with Crippen molar-refractivity contribution in [2.24, 2.45) is 0 Å². The van der Waals surface area contributed by atoms with Crippen LogP contribution in [0, 0.1) is 13.8 Å². The van der Waals surface area contributed by atoms with Gasteiger partial charge >= 0.3 is 0 Å². The molecular weight excluding hydrogens is 478 g/mol. The molecule has 0 spiro atoms. The Bertz CT molecular complexity index is 1660. The van der Waals surface area contributed by atoms with Gasteiger partial charge in [0.2, 0.25) is 5.95 Å². The normalized spacial score (nSPS) is 11.4. The van der Waals surface area contributed by atoms with Crippen molar-refractivity contribution in [2.45, 2.75) is 18.7 Å². The average Bonchev–Trinajstić information content (AvgIpc) is 3.38. The Morgan fingerprint density at radius 3 is 2.28 bits per heavy atom. The van der Waals surface area contributed by atoms with E-state index >= 15 is 0 Å². The smallest absolute Gasteiger partial charge is 0.264 e. The van der Waals surface area contributed by atoms with Gasteiger partial charge in [-0.1, -0.05) is 18.2 Å². The molecule has 0 aliphatic carbocycles. The number of sulfonamides is 1. The second kappa shape index (κ2) is 9.23. The van der Waals surface area contributed by atoms with Crippen molar-refractivity contribution in [1.29, 1.82) is 0 Å². The first kappa shape index (κ1) is 23.2. The van der Waals surface area contributed by atoms with Crippen LogP contribution in [0.5, 0.6) is 0 Å². The summed E-state index contributed by atoms with van der Waals surface area (Å²) in [5.74, 6) is 0.185. The fourth-order valence-electron chi connectivity index (χ4n) is 3.78. The molecule has 2 N–H and O–H groups in total. The van der Waals surface area contributed by atoms with Crippen LogP contribution in [-0.4, -0.2) is 29.3 Å². The summed E-state index contributed by atoms with van der Waals surface area (Å²) in [5.41, 5.74) is 3.33. The van der Waals surface area contributed by atoms with Gasteiger partial charge in [0.25, 0.3) is 15.9 Å². The van der Waals surface area contributed by atoms with Crippen molar-refractivity contribution >= 4 is 38.5 Å². The number of benzene rings is 2. The molecule has 5 aromatic rings. The van der Waals surface area contributed by atoms with E-state index in [-0.39, 0.29) is 16.8 Å². The van der Waals surface area contributed by atoms with Gasteiger partial charge in [0.05, 0.1) is 22.2 Å². The number of fused-ring (bicyclic) bond motifs is 1. The van der Waals surface area contributed by atoms with E-state index in [0.717, 1.165) is 0 Å². The highest BCUT2D eigenvalue weighted by Gasteiger charge is 2.18. The minimum atomic E-state index is -3.91. The number of furan rings is 1. The highest BCUT2D eigenvalue weighted by atomic mass is 32.2. The van der Waals surface area contributed by atoms with E-state index in [1.807, 2.05) is 24.3 Å². The van der Waals surface area contributed by atoms with Crippen molar-refractivity contribution in [2.75, 3.05) is 10.0 Å². The molecule has 2 aromatic carbocycles. The van der Waals surface area contributed by atoms with E-state index in [4.69, 9.17) is 4.42 Å². The number of rotatable bonds is 6. The van der Waals surface area contributed by atoms with E-state index in [9.17, 15) is 13.2 Å². The van der Waals surface area contributed by atoms with Crippen molar-refractivity contribution in [3.8, 4) is 11.5 Å². The van der Waals surface area contributed by atoms with E-state index in [1.165, 1.54) is 24.3 Å². The minimum Gasteiger partial charge on any atom is -0.463 e. The van der Waals surface area contributed by atoms with Crippen LogP contribution in [0.15, 0.2) is 88.4 Å². The lowest BCUT2D eigenvalue weighted by atomic mass is 10.1. The van der Waals surface area contributed by atoms with Gasteiger partial charge < -0.3 is 9.73 Å². The topological polar surface area (TPSA) is 127 Å². The van der Waals surface area contributed by atoms with E-state index in [1.54, 1.807) is 44.4 Å². The maximum absolute atomic E-state index is 13.2. The average molecular weight is 500 g/mol. The zero-order chi connectivity index (χ0) is 25.3. The summed E-state index contributed by atoms with van der Waals surface area (Å²) in [6.45, 7) is 3.51. The maximum atomic E-state index is 13.2. The predicted molar refractivity (Wildman–Crippen MR) is 136 cm³/mol. The molecule has 1 amide bonds. The highest BCUT2D eigenvalue weighted by Crippen LogP contribution is 2.26. The molecule has 10 heteroatoms. The molecule has 0 saturated carbocycles. The Labute approximate surface area is 207 Å². The number of carbonyl (C=O) groups is 1. The van der Waals surface area contributed by atoms with Gasteiger partial charge in [-0.3, -0.25) is 4.79 Å². The number of pyridine rings is 1. The third-order valence-electron chi connectivity index (χ3n) is 5.36. The van der Waals surface area contributed by atoms with Crippen molar-refractivity contribution in [3.05, 3.63) is 96.0 Å². The van der Waals surface area contributed by atoms with E-state index < -0.39 is 10.0 Å². The first-order valence-electron chi connectivity index (χ1n) is 11.0. The summed E-state index contributed by atoms with van der Waals surface area (Å²) in [6.07, 6.45) is 1.54. The van der Waals surface area contributed by atoms with Gasteiger partial charge in [-0.25, -0.2) is 28.1 Å². The van der Waals surface area contributed by atoms with Gasteiger partial charge in [0, 0.05) is 22.5 Å². The Morgan fingerprint density at radius 1 is 0.861 bits per heavy atom. The largest absolute Gasteiger partial charge is 0.463 e. The van der Waals surface area contributed by atoms with Crippen molar-refractivity contribution in [1.82, 2.24) is 15.0 Å². The van der Waals surface area contributed by atoms with Crippen LogP contribution in [0.4, 0.5) is 11.6 Å². The Kier molecular flexibility index (Phi) is 5.95. The maximum Gasteiger partial charge on any atom is 0.264 e. The van der Waals surface area contributed by atoms with Crippen molar-refractivity contribution in [3.63, 3.8) is 0 Å². The van der Waals surface area contributed by atoms with Crippen LogP contribution in [0.3, 0.4) is 0 Å².